The summed E-state index contributed by atoms with van der Waals surface area (Å²) in [5, 5.41) is 4.16. The van der Waals surface area contributed by atoms with Crippen LogP contribution >= 0.6 is 0 Å². The summed E-state index contributed by atoms with van der Waals surface area (Å²) >= 11 is 0. The highest BCUT2D eigenvalue weighted by molar-refractivity contribution is 6.06. The summed E-state index contributed by atoms with van der Waals surface area (Å²) in [6.07, 6.45) is 3.80. The van der Waals surface area contributed by atoms with Crippen molar-refractivity contribution in [1.82, 2.24) is 4.98 Å². The van der Waals surface area contributed by atoms with Crippen molar-refractivity contribution < 1.29 is 4.79 Å². The van der Waals surface area contributed by atoms with Crippen LogP contribution in [0.15, 0.2) is 42.5 Å². The van der Waals surface area contributed by atoms with Crippen LogP contribution in [0.4, 0.5) is 11.4 Å². The number of aryl methyl sites for hydroxylation is 2. The van der Waals surface area contributed by atoms with Gasteiger partial charge in [0.05, 0.1) is 0 Å². The highest BCUT2D eigenvalue weighted by atomic mass is 16.1. The quantitative estimate of drug-likeness (QED) is 0.698. The zero-order valence-corrected chi connectivity index (χ0v) is 15.4. The van der Waals surface area contributed by atoms with Crippen LogP contribution in [0, 0.1) is 13.8 Å². The maximum atomic E-state index is 12.7. The fourth-order valence-corrected chi connectivity index (χ4v) is 3.74. The standard InChI is InChI=1S/C22H25N3O/c1-15-16(2)23-21-10-9-17(13-20(15)21)22(26)24-18-7-6-8-19(14-18)25-11-4-3-5-12-25/h6-10,13-14,23H,3-5,11-12H2,1-2H3,(H,24,26). The molecular weight excluding hydrogens is 322 g/mol. The first-order valence-corrected chi connectivity index (χ1v) is 9.37. The van der Waals surface area contributed by atoms with Crippen LogP contribution in [0.1, 0.15) is 40.9 Å². The van der Waals surface area contributed by atoms with E-state index in [-0.39, 0.29) is 5.91 Å². The van der Waals surface area contributed by atoms with E-state index in [0.717, 1.165) is 35.4 Å². The predicted molar refractivity (Wildman–Crippen MR) is 108 cm³/mol. The maximum absolute atomic E-state index is 12.7. The molecule has 4 heteroatoms. The molecule has 1 aliphatic rings. The number of rotatable bonds is 3. The lowest BCUT2D eigenvalue weighted by Gasteiger charge is -2.29. The molecule has 1 aromatic heterocycles. The number of nitrogens with one attached hydrogen (secondary N) is 2. The van der Waals surface area contributed by atoms with Gasteiger partial charge in [-0.3, -0.25) is 4.79 Å². The summed E-state index contributed by atoms with van der Waals surface area (Å²) < 4.78 is 0. The van der Waals surface area contributed by atoms with Crippen LogP contribution in [0.25, 0.3) is 10.9 Å². The van der Waals surface area contributed by atoms with Gasteiger partial charge in [0.15, 0.2) is 0 Å². The second-order valence-electron chi connectivity index (χ2n) is 7.19. The van der Waals surface area contributed by atoms with Gasteiger partial charge in [-0.15, -0.1) is 0 Å². The van der Waals surface area contributed by atoms with Gasteiger partial charge in [0.25, 0.3) is 5.91 Å². The number of piperidine rings is 1. The van der Waals surface area contributed by atoms with E-state index in [4.69, 9.17) is 0 Å². The van der Waals surface area contributed by atoms with E-state index in [2.05, 4.69) is 41.2 Å². The molecule has 2 aromatic carbocycles. The first-order chi connectivity index (χ1) is 12.6. The Morgan fingerprint density at radius 3 is 2.65 bits per heavy atom. The van der Waals surface area contributed by atoms with Gasteiger partial charge in [0.2, 0.25) is 0 Å². The van der Waals surface area contributed by atoms with E-state index in [1.165, 1.54) is 30.5 Å². The Hall–Kier alpha value is -2.75. The summed E-state index contributed by atoms with van der Waals surface area (Å²) in [6, 6.07) is 14.0. The van der Waals surface area contributed by atoms with Gasteiger partial charge in [-0.1, -0.05) is 6.07 Å². The minimum atomic E-state index is -0.0686. The third-order valence-corrected chi connectivity index (χ3v) is 5.40. The fourth-order valence-electron chi connectivity index (χ4n) is 3.74. The number of H-pyrrole nitrogens is 1. The number of carbonyl (C=O) groups excluding carboxylic acids is 1. The normalized spacial score (nSPS) is 14.6. The number of hydrogen-bond donors (Lipinski definition) is 2. The molecule has 0 saturated carbocycles. The highest BCUT2D eigenvalue weighted by Crippen LogP contribution is 2.25. The second-order valence-corrected chi connectivity index (χ2v) is 7.19. The molecule has 2 N–H and O–H groups in total. The first-order valence-electron chi connectivity index (χ1n) is 9.37. The fraction of sp³-hybridized carbons (Fsp3) is 0.318. The predicted octanol–water partition coefficient (Wildman–Crippen LogP) is 5.03. The summed E-state index contributed by atoms with van der Waals surface area (Å²) in [5.74, 6) is -0.0686. The van der Waals surface area contributed by atoms with E-state index in [1.807, 2.05) is 30.3 Å². The third-order valence-electron chi connectivity index (χ3n) is 5.40. The largest absolute Gasteiger partial charge is 0.371 e. The lowest BCUT2D eigenvalue weighted by Crippen LogP contribution is -2.29. The number of anilines is 2. The van der Waals surface area contributed by atoms with Crippen LogP contribution in [0.3, 0.4) is 0 Å². The number of carbonyl (C=O) groups is 1. The van der Waals surface area contributed by atoms with Crippen LogP contribution in [-0.2, 0) is 0 Å². The van der Waals surface area contributed by atoms with Gasteiger partial charge in [0.1, 0.15) is 0 Å². The Kier molecular flexibility index (Phi) is 4.41. The van der Waals surface area contributed by atoms with Crippen LogP contribution in [0.5, 0.6) is 0 Å². The molecule has 0 aliphatic carbocycles. The Labute approximate surface area is 154 Å². The van der Waals surface area contributed by atoms with Crippen molar-refractivity contribution in [2.75, 3.05) is 23.3 Å². The Bertz CT molecular complexity index is 951. The van der Waals surface area contributed by atoms with Gasteiger partial charge in [-0.25, -0.2) is 0 Å². The molecule has 134 valence electrons. The van der Waals surface area contributed by atoms with Gasteiger partial charge in [-0.2, -0.15) is 0 Å². The molecule has 0 bridgehead atoms. The van der Waals surface area contributed by atoms with E-state index >= 15 is 0 Å². The summed E-state index contributed by atoms with van der Waals surface area (Å²) in [6.45, 7) is 6.33. The van der Waals surface area contributed by atoms with Crippen LogP contribution < -0.4 is 10.2 Å². The molecule has 1 fully saturated rings. The van der Waals surface area contributed by atoms with Crippen molar-refractivity contribution in [3.8, 4) is 0 Å². The molecule has 2 heterocycles. The number of aromatic nitrogens is 1. The van der Waals surface area contributed by atoms with Crippen molar-refractivity contribution in [3.63, 3.8) is 0 Å². The number of nitrogens with zero attached hydrogens (tertiary/aromatic N) is 1. The van der Waals surface area contributed by atoms with E-state index in [9.17, 15) is 4.79 Å². The lowest BCUT2D eigenvalue weighted by atomic mass is 10.1. The van der Waals surface area contributed by atoms with E-state index < -0.39 is 0 Å². The van der Waals surface area contributed by atoms with Crippen molar-refractivity contribution in [1.29, 1.82) is 0 Å². The number of benzene rings is 2. The molecule has 0 spiro atoms. The number of aromatic amines is 1. The zero-order valence-electron chi connectivity index (χ0n) is 15.4. The Morgan fingerprint density at radius 1 is 1.04 bits per heavy atom. The molecule has 0 atom stereocenters. The first kappa shape index (κ1) is 16.7. The molecule has 0 unspecified atom stereocenters. The molecular formula is C22H25N3O. The molecule has 26 heavy (non-hydrogen) atoms. The molecule has 1 amide bonds. The number of amides is 1. The minimum Gasteiger partial charge on any atom is -0.371 e. The zero-order chi connectivity index (χ0) is 18.1. The number of fused-ring (bicyclic) bond motifs is 1. The second kappa shape index (κ2) is 6.87. The van der Waals surface area contributed by atoms with Crippen molar-refractivity contribution in [2.45, 2.75) is 33.1 Å². The van der Waals surface area contributed by atoms with Gasteiger partial charge in [-0.05, 0) is 75.1 Å². The molecule has 3 aromatic rings. The molecule has 0 radical (unpaired) electrons. The van der Waals surface area contributed by atoms with Crippen molar-refractivity contribution >= 4 is 28.2 Å². The topological polar surface area (TPSA) is 48.1 Å². The van der Waals surface area contributed by atoms with Crippen LogP contribution in [0.2, 0.25) is 0 Å². The SMILES string of the molecule is Cc1[nH]c2ccc(C(=O)Nc3cccc(N4CCCCC4)c3)cc2c1C. The van der Waals surface area contributed by atoms with Gasteiger partial charge in [0, 0.05) is 46.6 Å². The maximum Gasteiger partial charge on any atom is 0.255 e. The molecule has 1 aliphatic heterocycles. The van der Waals surface area contributed by atoms with Gasteiger partial charge >= 0.3 is 0 Å². The highest BCUT2D eigenvalue weighted by Gasteiger charge is 2.13. The molecule has 4 nitrogen and oxygen atoms in total. The van der Waals surface area contributed by atoms with E-state index in [1.54, 1.807) is 0 Å². The molecule has 1 saturated heterocycles. The molecule has 4 rings (SSSR count). The Morgan fingerprint density at radius 2 is 1.85 bits per heavy atom. The lowest BCUT2D eigenvalue weighted by molar-refractivity contribution is 0.102. The summed E-state index contributed by atoms with van der Waals surface area (Å²) in [4.78, 5) is 18.5. The van der Waals surface area contributed by atoms with E-state index in [0.29, 0.717) is 5.56 Å². The van der Waals surface area contributed by atoms with Crippen molar-refractivity contribution in [3.05, 3.63) is 59.3 Å². The smallest absolute Gasteiger partial charge is 0.255 e. The summed E-state index contributed by atoms with van der Waals surface area (Å²) in [7, 11) is 0. The third kappa shape index (κ3) is 3.19. The van der Waals surface area contributed by atoms with Gasteiger partial charge < -0.3 is 15.2 Å². The summed E-state index contributed by atoms with van der Waals surface area (Å²) in [5.41, 5.74) is 6.13. The monoisotopic (exact) mass is 347 g/mol. The average Bonchev–Trinajstić information content (AvgIpc) is 2.96. The average molecular weight is 347 g/mol. The number of hydrogen-bond acceptors (Lipinski definition) is 2. The van der Waals surface area contributed by atoms with Crippen LogP contribution in [-0.4, -0.2) is 24.0 Å². The Balaban J connectivity index is 1.55. The van der Waals surface area contributed by atoms with Crippen molar-refractivity contribution in [2.24, 2.45) is 0 Å². The minimum absolute atomic E-state index is 0.0686.